The number of hydrogen-bond donors (Lipinski definition) is 1. The summed E-state index contributed by atoms with van der Waals surface area (Å²) >= 11 is 0. The van der Waals surface area contributed by atoms with Gasteiger partial charge in [-0.05, 0) is 30.3 Å². The Morgan fingerprint density at radius 2 is 2.07 bits per heavy atom. The van der Waals surface area contributed by atoms with Gasteiger partial charge in [0.25, 0.3) is 5.56 Å². The van der Waals surface area contributed by atoms with E-state index in [2.05, 4.69) is 20.4 Å². The number of nitrogens with zero attached hydrogens (tertiary/aromatic N) is 4. The summed E-state index contributed by atoms with van der Waals surface area (Å²) in [6.07, 6.45) is 3.18. The van der Waals surface area contributed by atoms with Crippen LogP contribution in [0.25, 0.3) is 22.7 Å². The second kappa shape index (κ2) is 6.71. The molecule has 3 aromatic heterocycles. The van der Waals surface area contributed by atoms with Gasteiger partial charge in [-0.15, -0.1) is 0 Å². The van der Waals surface area contributed by atoms with Crippen molar-refractivity contribution in [1.29, 1.82) is 0 Å². The monoisotopic (exact) mass is 391 g/mol. The number of pyridine rings is 1. The molecule has 0 aliphatic carbocycles. The van der Waals surface area contributed by atoms with Crippen molar-refractivity contribution < 1.29 is 13.9 Å². The van der Waals surface area contributed by atoms with E-state index in [1.54, 1.807) is 32.6 Å². The van der Waals surface area contributed by atoms with Gasteiger partial charge in [0, 0.05) is 30.6 Å². The molecule has 1 aromatic carbocycles. The first-order valence-electron chi connectivity index (χ1n) is 8.97. The normalized spacial score (nSPS) is 18.0. The maximum atomic E-state index is 11.5. The van der Waals surface area contributed by atoms with Crippen molar-refractivity contribution in [3.8, 4) is 17.3 Å². The number of rotatable bonds is 5. The number of hydrogen-bond acceptors (Lipinski definition) is 8. The summed E-state index contributed by atoms with van der Waals surface area (Å²) in [5, 5.41) is 7.50. The quantitative estimate of drug-likeness (QED) is 0.517. The van der Waals surface area contributed by atoms with Crippen LogP contribution >= 0.6 is 0 Å². The molecule has 1 aliphatic heterocycles. The van der Waals surface area contributed by atoms with Gasteiger partial charge in [0.1, 0.15) is 23.1 Å². The van der Waals surface area contributed by atoms with E-state index in [9.17, 15) is 4.79 Å². The molecule has 29 heavy (non-hydrogen) atoms. The van der Waals surface area contributed by atoms with E-state index >= 15 is 0 Å². The van der Waals surface area contributed by atoms with Gasteiger partial charge in [0.05, 0.1) is 13.3 Å². The van der Waals surface area contributed by atoms with Crippen molar-refractivity contribution >= 4 is 16.8 Å². The highest BCUT2D eigenvalue weighted by Crippen LogP contribution is 2.40. The summed E-state index contributed by atoms with van der Waals surface area (Å²) < 4.78 is 17.9. The zero-order valence-electron chi connectivity index (χ0n) is 15.7. The Balaban J connectivity index is 1.35. The molecular weight excluding hydrogens is 374 g/mol. The molecule has 146 valence electrons. The molecule has 0 saturated carbocycles. The van der Waals surface area contributed by atoms with Crippen LogP contribution in [0.3, 0.4) is 0 Å². The largest absolute Gasteiger partial charge is 0.495 e. The Hall–Kier alpha value is -3.72. The van der Waals surface area contributed by atoms with E-state index in [-0.39, 0.29) is 17.9 Å². The van der Waals surface area contributed by atoms with E-state index in [1.165, 1.54) is 10.7 Å². The van der Waals surface area contributed by atoms with Crippen LogP contribution in [0.4, 0.5) is 5.69 Å². The fourth-order valence-electron chi connectivity index (χ4n) is 3.09. The van der Waals surface area contributed by atoms with Gasteiger partial charge >= 0.3 is 0 Å². The second-order valence-electron chi connectivity index (χ2n) is 6.66. The minimum atomic E-state index is -0.193. The van der Waals surface area contributed by atoms with Crippen molar-refractivity contribution in [1.82, 2.24) is 19.7 Å². The molecule has 4 aromatic rings. The molecule has 5 rings (SSSR count). The number of epoxide rings is 1. The van der Waals surface area contributed by atoms with Gasteiger partial charge in [-0.25, -0.2) is 9.67 Å². The summed E-state index contributed by atoms with van der Waals surface area (Å²) in [7, 11) is 3.19. The molecule has 1 aliphatic rings. The molecule has 0 amide bonds. The summed E-state index contributed by atoms with van der Waals surface area (Å²) in [5.41, 5.74) is 3.42. The summed E-state index contributed by atoms with van der Waals surface area (Å²) in [6, 6.07) is 10.5. The minimum absolute atomic E-state index is 0.0871. The Morgan fingerprint density at radius 1 is 1.17 bits per heavy atom. The van der Waals surface area contributed by atoms with E-state index in [0.717, 1.165) is 11.3 Å². The topological polar surface area (TPSA) is 108 Å². The minimum Gasteiger partial charge on any atom is -0.495 e. The first kappa shape index (κ1) is 17.4. The van der Waals surface area contributed by atoms with Crippen molar-refractivity contribution in [3.63, 3.8) is 0 Å². The number of aromatic nitrogens is 4. The first-order valence-corrected chi connectivity index (χ1v) is 8.97. The molecule has 1 N–H and O–H groups in total. The lowest BCUT2D eigenvalue weighted by Gasteiger charge is -2.03. The lowest BCUT2D eigenvalue weighted by Crippen LogP contribution is -2.18. The average molecular weight is 391 g/mol. The number of ether oxygens (including phenoxy) is 2. The van der Waals surface area contributed by atoms with E-state index in [0.29, 0.717) is 28.4 Å². The highest BCUT2D eigenvalue weighted by atomic mass is 16.6. The van der Waals surface area contributed by atoms with Crippen LogP contribution in [0, 0.1) is 0 Å². The van der Waals surface area contributed by atoms with Gasteiger partial charge < -0.3 is 19.2 Å². The molecule has 9 heteroatoms. The SMILES string of the molecule is COc1cncc(C2OC2Nc2ccc3oc(-c4ccc(=O)n(C)n4)nc3c2)c1. The number of oxazole rings is 1. The molecule has 9 nitrogen and oxygen atoms in total. The molecule has 4 heterocycles. The number of nitrogens with one attached hydrogen (secondary N) is 1. The van der Waals surface area contributed by atoms with Crippen LogP contribution in [-0.4, -0.2) is 33.1 Å². The summed E-state index contributed by atoms with van der Waals surface area (Å²) in [4.78, 5) is 20.2. The third kappa shape index (κ3) is 3.32. The molecule has 0 bridgehead atoms. The fourth-order valence-corrected chi connectivity index (χ4v) is 3.09. The second-order valence-corrected chi connectivity index (χ2v) is 6.66. The van der Waals surface area contributed by atoms with Crippen LogP contribution < -0.4 is 15.6 Å². The highest BCUT2D eigenvalue weighted by molar-refractivity contribution is 5.79. The number of anilines is 1. The Labute approximate surface area is 164 Å². The predicted octanol–water partition coefficient (Wildman–Crippen LogP) is 2.50. The van der Waals surface area contributed by atoms with Gasteiger partial charge in [-0.1, -0.05) is 0 Å². The lowest BCUT2D eigenvalue weighted by atomic mass is 10.2. The Kier molecular flexibility index (Phi) is 4.02. The standard InChI is InChI=1S/C20H17N5O4/c1-25-17(26)6-4-14(24-25)19-23-15-8-12(3-5-16(15)28-19)22-20-18(29-20)11-7-13(27-2)10-21-9-11/h3-10,18,20,22H,1-2H3. The molecule has 2 atom stereocenters. The molecule has 0 radical (unpaired) electrons. The number of fused-ring (bicyclic) bond motifs is 1. The van der Waals surface area contributed by atoms with Crippen molar-refractivity contribution in [2.75, 3.05) is 12.4 Å². The molecule has 1 saturated heterocycles. The Morgan fingerprint density at radius 3 is 2.90 bits per heavy atom. The van der Waals surface area contributed by atoms with E-state index in [1.807, 2.05) is 24.3 Å². The lowest BCUT2D eigenvalue weighted by molar-refractivity contribution is 0.383. The van der Waals surface area contributed by atoms with Crippen molar-refractivity contribution in [2.45, 2.75) is 12.3 Å². The van der Waals surface area contributed by atoms with Crippen LogP contribution in [-0.2, 0) is 11.8 Å². The van der Waals surface area contributed by atoms with Crippen LogP contribution in [0.2, 0.25) is 0 Å². The smallest absolute Gasteiger partial charge is 0.266 e. The van der Waals surface area contributed by atoms with E-state index < -0.39 is 0 Å². The predicted molar refractivity (Wildman–Crippen MR) is 105 cm³/mol. The summed E-state index contributed by atoms with van der Waals surface area (Å²) in [5.74, 6) is 1.05. The summed E-state index contributed by atoms with van der Waals surface area (Å²) in [6.45, 7) is 0. The van der Waals surface area contributed by atoms with Gasteiger partial charge in [-0.2, -0.15) is 5.10 Å². The zero-order chi connectivity index (χ0) is 20.0. The number of aryl methyl sites for hydroxylation is 1. The first-order chi connectivity index (χ1) is 14.1. The van der Waals surface area contributed by atoms with Crippen LogP contribution in [0.5, 0.6) is 5.75 Å². The van der Waals surface area contributed by atoms with Gasteiger partial charge in [-0.3, -0.25) is 9.78 Å². The average Bonchev–Trinajstić information content (AvgIpc) is 3.37. The van der Waals surface area contributed by atoms with Crippen LogP contribution in [0.1, 0.15) is 11.7 Å². The maximum Gasteiger partial charge on any atom is 0.266 e. The molecule has 2 unspecified atom stereocenters. The number of benzene rings is 1. The number of methoxy groups -OCH3 is 1. The highest BCUT2D eigenvalue weighted by Gasteiger charge is 2.40. The maximum absolute atomic E-state index is 11.5. The van der Waals surface area contributed by atoms with Crippen molar-refractivity contribution in [3.05, 3.63) is 64.7 Å². The Bertz CT molecular complexity index is 1270. The van der Waals surface area contributed by atoms with Crippen molar-refractivity contribution in [2.24, 2.45) is 7.05 Å². The molecule has 0 spiro atoms. The van der Waals surface area contributed by atoms with Gasteiger partial charge in [0.2, 0.25) is 5.89 Å². The fraction of sp³-hybridized carbons (Fsp3) is 0.200. The zero-order valence-corrected chi connectivity index (χ0v) is 15.7. The van der Waals surface area contributed by atoms with Crippen LogP contribution in [0.15, 0.2) is 58.0 Å². The molecular formula is C20H17N5O4. The molecule has 1 fully saturated rings. The third-order valence-electron chi connectivity index (χ3n) is 4.67. The third-order valence-corrected chi connectivity index (χ3v) is 4.67. The van der Waals surface area contributed by atoms with E-state index in [4.69, 9.17) is 13.9 Å². The van der Waals surface area contributed by atoms with Gasteiger partial charge in [0.15, 0.2) is 11.8 Å².